The number of nitrogens with zero attached hydrogens (tertiary/aromatic N) is 4. The molecular weight excluding hydrogens is 344 g/mol. The molecule has 0 fully saturated rings. The number of aryl methyl sites for hydroxylation is 3. The van der Waals surface area contributed by atoms with Gasteiger partial charge in [0.1, 0.15) is 12.4 Å². The molecule has 27 heavy (non-hydrogen) atoms. The van der Waals surface area contributed by atoms with Crippen LogP contribution in [-0.4, -0.2) is 25.6 Å². The molecule has 0 aliphatic carbocycles. The second kappa shape index (κ2) is 7.57. The monoisotopic (exact) mass is 366 g/mol. The molecule has 0 saturated heterocycles. The fourth-order valence-electron chi connectivity index (χ4n) is 2.88. The van der Waals surface area contributed by atoms with Gasteiger partial charge in [0.05, 0.1) is 5.69 Å². The third-order valence-corrected chi connectivity index (χ3v) is 4.53. The van der Waals surface area contributed by atoms with Crippen molar-refractivity contribution in [2.24, 2.45) is 7.05 Å². The molecule has 7 nitrogen and oxygen atoms in total. The predicted octanol–water partition coefficient (Wildman–Crippen LogP) is 2.75. The Labute approximate surface area is 157 Å². The van der Waals surface area contributed by atoms with Crippen LogP contribution in [-0.2, 0) is 13.7 Å². The molecule has 0 radical (unpaired) electrons. The molecule has 140 valence electrons. The van der Waals surface area contributed by atoms with Crippen molar-refractivity contribution in [3.8, 4) is 11.4 Å². The van der Waals surface area contributed by atoms with Crippen molar-refractivity contribution in [2.45, 2.75) is 33.8 Å². The molecule has 1 heterocycles. The van der Waals surface area contributed by atoms with Gasteiger partial charge in [0.15, 0.2) is 5.78 Å². The average molecular weight is 366 g/mol. The summed E-state index contributed by atoms with van der Waals surface area (Å²) < 4.78 is 8.45. The smallest absolute Gasteiger partial charge is 0.368 e. The highest BCUT2D eigenvalue weighted by atomic mass is 16.5. The number of rotatable bonds is 6. The average Bonchev–Trinajstić information content (AvgIpc) is 2.99. The molecule has 0 amide bonds. The zero-order valence-electron chi connectivity index (χ0n) is 15.9. The molecule has 3 rings (SSSR count). The summed E-state index contributed by atoms with van der Waals surface area (Å²) in [4.78, 5) is 24.1. The first-order chi connectivity index (χ1) is 12.9. The fraction of sp³-hybridized carbons (Fsp3) is 0.300. The summed E-state index contributed by atoms with van der Waals surface area (Å²) in [5, 5.41) is 7.70. The Balaban J connectivity index is 1.90. The van der Waals surface area contributed by atoms with Gasteiger partial charge in [-0.2, -0.15) is 9.36 Å². The first-order valence-corrected chi connectivity index (χ1v) is 8.77. The summed E-state index contributed by atoms with van der Waals surface area (Å²) in [6, 6.07) is 11.1. The number of carbonyl (C=O) groups is 1. The minimum Gasteiger partial charge on any atom is -0.489 e. The lowest BCUT2D eigenvalue weighted by atomic mass is 10.1. The molecule has 2 aromatic carbocycles. The highest BCUT2D eigenvalue weighted by Gasteiger charge is 2.14. The zero-order valence-corrected chi connectivity index (χ0v) is 15.9. The number of Topliss-reactive ketones (excluding diaryl/α,β-unsaturated/α-hetero) is 1. The summed E-state index contributed by atoms with van der Waals surface area (Å²) in [5.41, 5.74) is 3.74. The van der Waals surface area contributed by atoms with Crippen molar-refractivity contribution in [3.63, 3.8) is 0 Å². The van der Waals surface area contributed by atoms with Crippen LogP contribution in [0, 0.1) is 13.8 Å². The molecule has 0 unspecified atom stereocenters. The molecule has 3 aromatic rings. The molecule has 1 aromatic heterocycles. The minimum atomic E-state index is -0.319. The van der Waals surface area contributed by atoms with Crippen molar-refractivity contribution in [1.82, 2.24) is 19.8 Å². The van der Waals surface area contributed by atoms with E-state index in [1.807, 2.05) is 51.1 Å². The summed E-state index contributed by atoms with van der Waals surface area (Å²) in [7, 11) is 1.56. The van der Waals surface area contributed by atoms with Gasteiger partial charge in [-0.3, -0.25) is 4.79 Å². The maximum absolute atomic E-state index is 12.2. The molecule has 0 atom stereocenters. The normalized spacial score (nSPS) is 10.8. The van der Waals surface area contributed by atoms with Crippen molar-refractivity contribution in [1.29, 1.82) is 0 Å². The van der Waals surface area contributed by atoms with Gasteiger partial charge in [-0.25, -0.2) is 4.79 Å². The van der Waals surface area contributed by atoms with Gasteiger partial charge in [0, 0.05) is 24.6 Å². The van der Waals surface area contributed by atoms with E-state index in [0.29, 0.717) is 23.4 Å². The SMILES string of the molecule is CCC(=O)c1ccc(OCc2c(C)cccc2-n2nnn(C)c2=O)c(C)c1. The number of ketones is 1. The molecule has 0 bridgehead atoms. The van der Waals surface area contributed by atoms with E-state index in [4.69, 9.17) is 4.74 Å². The Morgan fingerprint density at radius 3 is 2.52 bits per heavy atom. The van der Waals surface area contributed by atoms with E-state index < -0.39 is 0 Å². The van der Waals surface area contributed by atoms with Crippen LogP contribution in [0.5, 0.6) is 5.75 Å². The van der Waals surface area contributed by atoms with Gasteiger partial charge in [0.2, 0.25) is 0 Å². The molecule has 0 N–H and O–H groups in total. The van der Waals surface area contributed by atoms with Crippen LogP contribution in [0.2, 0.25) is 0 Å². The summed E-state index contributed by atoms with van der Waals surface area (Å²) in [5.74, 6) is 0.802. The van der Waals surface area contributed by atoms with E-state index in [2.05, 4.69) is 10.4 Å². The maximum Gasteiger partial charge on any atom is 0.368 e. The van der Waals surface area contributed by atoms with Gasteiger partial charge in [-0.05, 0) is 59.7 Å². The summed E-state index contributed by atoms with van der Waals surface area (Å²) >= 11 is 0. The Bertz CT molecular complexity index is 1050. The van der Waals surface area contributed by atoms with Crippen LogP contribution < -0.4 is 10.4 Å². The molecule has 0 aliphatic heterocycles. The van der Waals surface area contributed by atoms with Gasteiger partial charge in [0.25, 0.3) is 0 Å². The van der Waals surface area contributed by atoms with E-state index in [0.717, 1.165) is 16.7 Å². The van der Waals surface area contributed by atoms with Crippen LogP contribution in [0.3, 0.4) is 0 Å². The number of hydrogen-bond donors (Lipinski definition) is 0. The van der Waals surface area contributed by atoms with E-state index >= 15 is 0 Å². The van der Waals surface area contributed by atoms with Crippen LogP contribution in [0.15, 0.2) is 41.2 Å². The van der Waals surface area contributed by atoms with Gasteiger partial charge in [-0.15, -0.1) is 0 Å². The Kier molecular flexibility index (Phi) is 5.21. The minimum absolute atomic E-state index is 0.105. The molecular formula is C20H22N4O3. The third-order valence-electron chi connectivity index (χ3n) is 4.53. The van der Waals surface area contributed by atoms with Gasteiger partial charge >= 0.3 is 5.69 Å². The van der Waals surface area contributed by atoms with Crippen molar-refractivity contribution < 1.29 is 9.53 Å². The lowest BCUT2D eigenvalue weighted by Crippen LogP contribution is -2.23. The van der Waals surface area contributed by atoms with Crippen LogP contribution in [0.1, 0.15) is 40.4 Å². The first-order valence-electron chi connectivity index (χ1n) is 8.77. The lowest BCUT2D eigenvalue weighted by molar-refractivity contribution is 0.0988. The number of benzene rings is 2. The quantitative estimate of drug-likeness (QED) is 0.627. The molecule has 0 spiro atoms. The Morgan fingerprint density at radius 2 is 1.89 bits per heavy atom. The Hall–Kier alpha value is -3.22. The zero-order chi connectivity index (χ0) is 19.6. The summed E-state index contributed by atoms with van der Waals surface area (Å²) in [6.07, 6.45) is 0.471. The number of carbonyl (C=O) groups excluding carboxylic acids is 1. The second-order valence-electron chi connectivity index (χ2n) is 6.42. The van der Waals surface area contributed by atoms with E-state index in [1.165, 1.54) is 9.36 Å². The highest BCUT2D eigenvalue weighted by molar-refractivity contribution is 5.96. The molecule has 0 aliphatic rings. The second-order valence-corrected chi connectivity index (χ2v) is 6.42. The maximum atomic E-state index is 12.2. The van der Waals surface area contributed by atoms with E-state index in [9.17, 15) is 9.59 Å². The third kappa shape index (κ3) is 3.67. The number of tetrazole rings is 1. The highest BCUT2D eigenvalue weighted by Crippen LogP contribution is 2.24. The topological polar surface area (TPSA) is 79.0 Å². The first kappa shape index (κ1) is 18.6. The number of ether oxygens (including phenoxy) is 1. The van der Waals surface area contributed by atoms with Crippen LogP contribution >= 0.6 is 0 Å². The van der Waals surface area contributed by atoms with Crippen molar-refractivity contribution in [3.05, 3.63) is 69.1 Å². The largest absolute Gasteiger partial charge is 0.489 e. The predicted molar refractivity (Wildman–Crippen MR) is 101 cm³/mol. The molecule has 0 saturated carbocycles. The van der Waals surface area contributed by atoms with Crippen LogP contribution in [0.4, 0.5) is 0 Å². The van der Waals surface area contributed by atoms with Crippen molar-refractivity contribution >= 4 is 5.78 Å². The van der Waals surface area contributed by atoms with Crippen molar-refractivity contribution in [2.75, 3.05) is 0 Å². The number of hydrogen-bond acceptors (Lipinski definition) is 5. The fourth-order valence-corrected chi connectivity index (χ4v) is 2.88. The summed E-state index contributed by atoms with van der Waals surface area (Å²) in [6.45, 7) is 5.98. The molecule has 7 heteroatoms. The van der Waals surface area contributed by atoms with E-state index in [1.54, 1.807) is 13.1 Å². The van der Waals surface area contributed by atoms with Gasteiger partial charge < -0.3 is 4.74 Å². The van der Waals surface area contributed by atoms with E-state index in [-0.39, 0.29) is 18.1 Å². The lowest BCUT2D eigenvalue weighted by Gasteiger charge is -2.14. The standard InChI is InChI=1S/C20H22N4O3/c1-5-18(25)15-9-10-19(14(3)11-15)27-12-16-13(2)7-6-8-17(16)24-20(26)23(4)21-22-24/h6-11H,5,12H2,1-4H3. The number of aromatic nitrogens is 4. The Morgan fingerprint density at radius 1 is 1.11 bits per heavy atom. The van der Waals surface area contributed by atoms with Gasteiger partial charge in [-0.1, -0.05) is 19.1 Å². The van der Waals surface area contributed by atoms with Crippen LogP contribution in [0.25, 0.3) is 5.69 Å².